The van der Waals surface area contributed by atoms with E-state index in [1.54, 1.807) is 30.3 Å². The lowest BCUT2D eigenvalue weighted by atomic mass is 10.1. The number of benzene rings is 1. The van der Waals surface area contributed by atoms with E-state index < -0.39 is 10.0 Å². The average Bonchev–Trinajstić information content (AvgIpc) is 3.40. The second kappa shape index (κ2) is 8.80. The van der Waals surface area contributed by atoms with E-state index in [1.807, 2.05) is 26.0 Å². The predicted molar refractivity (Wildman–Crippen MR) is 121 cm³/mol. The van der Waals surface area contributed by atoms with Crippen molar-refractivity contribution in [3.63, 3.8) is 0 Å². The number of hydrogen-bond acceptors (Lipinski definition) is 6. The van der Waals surface area contributed by atoms with Gasteiger partial charge < -0.3 is 9.32 Å². The van der Waals surface area contributed by atoms with Crippen LogP contribution in [0.15, 0.2) is 46.9 Å². The van der Waals surface area contributed by atoms with Gasteiger partial charge in [-0.1, -0.05) is 44.2 Å². The lowest BCUT2D eigenvalue weighted by molar-refractivity contribution is 0.101. The average molecular weight is 442 g/mol. The van der Waals surface area contributed by atoms with Crippen molar-refractivity contribution < 1.29 is 17.6 Å². The lowest BCUT2D eigenvalue weighted by Crippen LogP contribution is -2.29. The number of nitrogens with zero attached hydrogens (tertiary/aromatic N) is 2. The molecule has 0 saturated carbocycles. The third-order valence-corrected chi connectivity index (χ3v) is 6.78. The van der Waals surface area contributed by atoms with Crippen LogP contribution in [0.1, 0.15) is 54.4 Å². The Morgan fingerprint density at radius 1 is 1.13 bits per heavy atom. The molecular weight excluding hydrogens is 414 g/mol. The quantitative estimate of drug-likeness (QED) is 0.531. The molecule has 8 heteroatoms. The van der Waals surface area contributed by atoms with E-state index in [0.717, 1.165) is 31.6 Å². The van der Waals surface area contributed by atoms with E-state index in [4.69, 9.17) is 4.42 Å². The standard InChI is InChI=1S/C23H27N3O4S/c1-16(2)19-11-10-18-20(25-31(28,29)15-14-26-12-6-7-13-26)22(30-23(18)24-19)21(27)17-8-4-3-5-9-17/h3-5,8-11,16,25H,6-7,12-15H2,1-2H3. The van der Waals surface area contributed by atoms with Gasteiger partial charge in [0.1, 0.15) is 5.69 Å². The van der Waals surface area contributed by atoms with Crippen molar-refractivity contribution >= 4 is 32.6 Å². The molecule has 1 N–H and O–H groups in total. The Labute approximate surface area is 182 Å². The van der Waals surface area contributed by atoms with E-state index in [9.17, 15) is 13.2 Å². The fraction of sp³-hybridized carbons (Fsp3) is 0.391. The Kier molecular flexibility index (Phi) is 6.11. The SMILES string of the molecule is CC(C)c1ccc2c(NS(=O)(=O)CCN3CCCC3)c(C(=O)c3ccccc3)oc2n1. The van der Waals surface area contributed by atoms with Crippen molar-refractivity contribution in [2.75, 3.05) is 30.1 Å². The number of ketones is 1. The molecule has 31 heavy (non-hydrogen) atoms. The molecule has 1 aliphatic heterocycles. The summed E-state index contributed by atoms with van der Waals surface area (Å²) in [5.41, 5.74) is 1.64. The van der Waals surface area contributed by atoms with Crippen molar-refractivity contribution in [2.24, 2.45) is 0 Å². The minimum Gasteiger partial charge on any atom is -0.432 e. The number of anilines is 1. The lowest BCUT2D eigenvalue weighted by Gasteiger charge is -2.15. The summed E-state index contributed by atoms with van der Waals surface area (Å²) >= 11 is 0. The summed E-state index contributed by atoms with van der Waals surface area (Å²) in [7, 11) is -3.68. The van der Waals surface area contributed by atoms with E-state index in [0.29, 0.717) is 17.5 Å². The molecule has 0 spiro atoms. The maximum Gasteiger partial charge on any atom is 0.234 e. The predicted octanol–water partition coefficient (Wildman–Crippen LogP) is 4.02. The van der Waals surface area contributed by atoms with Crippen LogP contribution in [0.25, 0.3) is 11.1 Å². The van der Waals surface area contributed by atoms with Crippen molar-refractivity contribution in [1.82, 2.24) is 9.88 Å². The highest BCUT2D eigenvalue weighted by Crippen LogP contribution is 2.33. The Morgan fingerprint density at radius 3 is 2.52 bits per heavy atom. The number of fused-ring (bicyclic) bond motifs is 1. The topological polar surface area (TPSA) is 92.5 Å². The smallest absolute Gasteiger partial charge is 0.234 e. The monoisotopic (exact) mass is 441 g/mol. The van der Waals surface area contributed by atoms with Crippen LogP contribution in [0.5, 0.6) is 0 Å². The molecule has 1 saturated heterocycles. The first-order chi connectivity index (χ1) is 14.8. The van der Waals surface area contributed by atoms with Crippen molar-refractivity contribution in [3.8, 4) is 0 Å². The van der Waals surface area contributed by atoms with Crippen LogP contribution >= 0.6 is 0 Å². The minimum absolute atomic E-state index is 0.0423. The highest BCUT2D eigenvalue weighted by Gasteiger charge is 2.27. The molecule has 3 heterocycles. The maximum atomic E-state index is 13.1. The second-order valence-corrected chi connectivity index (χ2v) is 10.1. The molecule has 0 atom stereocenters. The number of likely N-dealkylation sites (tertiary alicyclic amines) is 1. The Balaban J connectivity index is 1.71. The summed E-state index contributed by atoms with van der Waals surface area (Å²) in [5.74, 6) is -0.305. The molecule has 3 aromatic rings. The maximum absolute atomic E-state index is 13.1. The molecule has 0 radical (unpaired) electrons. The van der Waals surface area contributed by atoms with Gasteiger partial charge in [-0.2, -0.15) is 0 Å². The van der Waals surface area contributed by atoms with Crippen LogP contribution in [0.2, 0.25) is 0 Å². The zero-order valence-electron chi connectivity index (χ0n) is 17.8. The van der Waals surface area contributed by atoms with Gasteiger partial charge in [0.05, 0.1) is 11.1 Å². The number of furan rings is 1. The number of carbonyl (C=O) groups excluding carboxylic acids is 1. The largest absolute Gasteiger partial charge is 0.432 e. The summed E-state index contributed by atoms with van der Waals surface area (Å²) in [6.07, 6.45) is 2.19. The molecule has 0 aliphatic carbocycles. The molecule has 0 bridgehead atoms. The molecule has 2 aromatic heterocycles. The van der Waals surface area contributed by atoms with Gasteiger partial charge in [-0.25, -0.2) is 13.4 Å². The number of aromatic nitrogens is 1. The molecule has 0 unspecified atom stereocenters. The molecule has 164 valence electrons. The van der Waals surface area contributed by atoms with Gasteiger partial charge in [-0.15, -0.1) is 0 Å². The Bertz CT molecular complexity index is 1180. The number of rotatable bonds is 8. The van der Waals surface area contributed by atoms with Gasteiger partial charge >= 0.3 is 0 Å². The third-order valence-electron chi connectivity index (χ3n) is 5.54. The first-order valence-electron chi connectivity index (χ1n) is 10.6. The Hall–Kier alpha value is -2.71. The highest BCUT2D eigenvalue weighted by molar-refractivity contribution is 7.92. The van der Waals surface area contributed by atoms with Crippen molar-refractivity contribution in [1.29, 1.82) is 0 Å². The van der Waals surface area contributed by atoms with Gasteiger partial charge in [-0.05, 0) is 44.0 Å². The number of hydrogen-bond donors (Lipinski definition) is 1. The fourth-order valence-corrected chi connectivity index (χ4v) is 4.87. The highest BCUT2D eigenvalue weighted by atomic mass is 32.2. The van der Waals surface area contributed by atoms with E-state index >= 15 is 0 Å². The van der Waals surface area contributed by atoms with Gasteiger partial charge in [0.15, 0.2) is 0 Å². The summed E-state index contributed by atoms with van der Waals surface area (Å²) in [6.45, 7) is 6.32. The van der Waals surface area contributed by atoms with Gasteiger partial charge in [0.25, 0.3) is 0 Å². The first-order valence-corrected chi connectivity index (χ1v) is 12.3. The van der Waals surface area contributed by atoms with Crippen LogP contribution in [0, 0.1) is 0 Å². The summed E-state index contributed by atoms with van der Waals surface area (Å²) in [4.78, 5) is 19.8. The summed E-state index contributed by atoms with van der Waals surface area (Å²) in [6, 6.07) is 12.3. The summed E-state index contributed by atoms with van der Waals surface area (Å²) in [5, 5.41) is 0.480. The molecular formula is C23H27N3O4S. The molecule has 1 aromatic carbocycles. The minimum atomic E-state index is -3.68. The number of nitrogens with one attached hydrogen (secondary N) is 1. The zero-order chi connectivity index (χ0) is 22.0. The molecule has 4 rings (SSSR count). The van der Waals surface area contributed by atoms with Gasteiger partial charge in [-0.3, -0.25) is 9.52 Å². The third kappa shape index (κ3) is 4.80. The van der Waals surface area contributed by atoms with Crippen LogP contribution in [0.4, 0.5) is 5.69 Å². The van der Waals surface area contributed by atoms with Crippen LogP contribution in [-0.4, -0.2) is 49.5 Å². The molecule has 0 amide bonds. The fourth-order valence-electron chi connectivity index (χ4n) is 3.76. The Morgan fingerprint density at radius 2 is 1.84 bits per heavy atom. The van der Waals surface area contributed by atoms with Gasteiger partial charge in [0.2, 0.25) is 27.3 Å². The van der Waals surface area contributed by atoms with Gasteiger partial charge in [0, 0.05) is 17.8 Å². The first kappa shape index (κ1) is 21.5. The van der Waals surface area contributed by atoms with Crippen molar-refractivity contribution in [3.05, 3.63) is 59.5 Å². The number of sulfonamides is 1. The van der Waals surface area contributed by atoms with E-state index in [2.05, 4.69) is 14.6 Å². The molecule has 1 fully saturated rings. The molecule has 7 nitrogen and oxygen atoms in total. The second-order valence-electron chi connectivity index (χ2n) is 8.21. The van der Waals surface area contributed by atoms with Crippen molar-refractivity contribution in [2.45, 2.75) is 32.6 Å². The van der Waals surface area contributed by atoms with Crippen LogP contribution in [-0.2, 0) is 10.0 Å². The molecule has 1 aliphatic rings. The van der Waals surface area contributed by atoms with Crippen LogP contribution in [0.3, 0.4) is 0 Å². The van der Waals surface area contributed by atoms with E-state index in [-0.39, 0.29) is 34.6 Å². The zero-order valence-corrected chi connectivity index (χ0v) is 18.6. The normalized spacial score (nSPS) is 15.1. The summed E-state index contributed by atoms with van der Waals surface area (Å²) < 4.78 is 34.2. The van der Waals surface area contributed by atoms with Crippen LogP contribution < -0.4 is 4.72 Å². The number of pyridine rings is 1. The van der Waals surface area contributed by atoms with E-state index in [1.165, 1.54) is 0 Å². The number of carbonyl (C=O) groups is 1.